The highest BCUT2D eigenvalue weighted by molar-refractivity contribution is 5.86. The summed E-state index contributed by atoms with van der Waals surface area (Å²) >= 11 is 0. The second kappa shape index (κ2) is 5.37. The summed E-state index contributed by atoms with van der Waals surface area (Å²) in [6.45, 7) is 4.96. The highest BCUT2D eigenvalue weighted by Gasteiger charge is 2.13. The van der Waals surface area contributed by atoms with Crippen molar-refractivity contribution in [3.05, 3.63) is 52.9 Å². The maximum Gasteiger partial charge on any atom is 0.328 e. The Morgan fingerprint density at radius 2 is 1.82 bits per heavy atom. The van der Waals surface area contributed by atoms with E-state index >= 15 is 0 Å². The molecule has 3 rings (SSSR count). The Hall–Kier alpha value is -2.49. The standard InChI is InChI=1S/C18H21N3O/c1-12(2)11-21-16-9-8-13(10-17(16)20(3)18(21)22)14-6-4-5-7-15(14)19/h4-10,12H,11,19H2,1-3H3. The van der Waals surface area contributed by atoms with Gasteiger partial charge in [0.15, 0.2) is 0 Å². The zero-order valence-corrected chi connectivity index (χ0v) is 13.2. The molecule has 0 saturated heterocycles. The molecule has 1 heterocycles. The molecule has 0 aliphatic carbocycles. The van der Waals surface area contributed by atoms with Crippen LogP contribution in [0.25, 0.3) is 22.2 Å². The van der Waals surface area contributed by atoms with E-state index in [9.17, 15) is 4.79 Å². The molecule has 0 radical (unpaired) electrons. The molecular formula is C18H21N3O. The largest absolute Gasteiger partial charge is 0.398 e. The first-order valence-electron chi connectivity index (χ1n) is 7.53. The number of imidazole rings is 1. The molecule has 0 fully saturated rings. The van der Waals surface area contributed by atoms with Crippen LogP contribution in [0.5, 0.6) is 0 Å². The van der Waals surface area contributed by atoms with Gasteiger partial charge in [-0.3, -0.25) is 9.13 Å². The quantitative estimate of drug-likeness (QED) is 0.754. The number of rotatable bonds is 3. The molecule has 0 aliphatic rings. The van der Waals surface area contributed by atoms with E-state index in [1.807, 2.05) is 54.1 Å². The molecule has 0 amide bonds. The molecule has 0 spiro atoms. The molecular weight excluding hydrogens is 274 g/mol. The lowest BCUT2D eigenvalue weighted by Gasteiger charge is -2.08. The van der Waals surface area contributed by atoms with Gasteiger partial charge in [-0.1, -0.05) is 38.1 Å². The second-order valence-corrected chi connectivity index (χ2v) is 6.14. The zero-order valence-electron chi connectivity index (χ0n) is 13.2. The minimum Gasteiger partial charge on any atom is -0.398 e. The number of aryl methyl sites for hydroxylation is 1. The van der Waals surface area contributed by atoms with Gasteiger partial charge in [-0.15, -0.1) is 0 Å². The molecule has 3 aromatic rings. The number of aromatic nitrogens is 2. The van der Waals surface area contributed by atoms with Crippen molar-refractivity contribution in [2.75, 3.05) is 5.73 Å². The van der Waals surface area contributed by atoms with E-state index in [1.165, 1.54) is 0 Å². The van der Waals surface area contributed by atoms with E-state index in [-0.39, 0.29) is 5.69 Å². The molecule has 1 aromatic heterocycles. The lowest BCUT2D eigenvalue weighted by molar-refractivity contribution is 0.516. The lowest BCUT2D eigenvalue weighted by Crippen LogP contribution is -2.24. The fraction of sp³-hybridized carbons (Fsp3) is 0.278. The SMILES string of the molecule is CC(C)Cn1c(=O)n(C)c2cc(-c3ccccc3N)ccc21. The summed E-state index contributed by atoms with van der Waals surface area (Å²) in [5.41, 5.74) is 10.8. The molecule has 0 aliphatic heterocycles. The lowest BCUT2D eigenvalue weighted by atomic mass is 10.0. The van der Waals surface area contributed by atoms with E-state index < -0.39 is 0 Å². The van der Waals surface area contributed by atoms with Crippen LogP contribution in [0.3, 0.4) is 0 Å². The van der Waals surface area contributed by atoms with Gasteiger partial charge in [0.05, 0.1) is 11.0 Å². The minimum atomic E-state index is 0.0295. The Bertz CT molecular complexity index is 887. The maximum atomic E-state index is 12.4. The van der Waals surface area contributed by atoms with Gasteiger partial charge < -0.3 is 5.73 Å². The maximum absolute atomic E-state index is 12.4. The third kappa shape index (κ3) is 2.30. The van der Waals surface area contributed by atoms with Gasteiger partial charge in [0.25, 0.3) is 0 Å². The summed E-state index contributed by atoms with van der Waals surface area (Å²) in [6, 6.07) is 13.9. The molecule has 0 bridgehead atoms. The number of para-hydroxylation sites is 1. The Labute approximate surface area is 129 Å². The molecule has 0 atom stereocenters. The Morgan fingerprint density at radius 1 is 1.09 bits per heavy atom. The van der Waals surface area contributed by atoms with E-state index in [0.29, 0.717) is 5.92 Å². The topological polar surface area (TPSA) is 53.0 Å². The highest BCUT2D eigenvalue weighted by atomic mass is 16.1. The minimum absolute atomic E-state index is 0.0295. The molecule has 0 unspecified atom stereocenters. The second-order valence-electron chi connectivity index (χ2n) is 6.14. The molecule has 114 valence electrons. The van der Waals surface area contributed by atoms with Crippen molar-refractivity contribution < 1.29 is 0 Å². The number of nitrogens with two attached hydrogens (primary N) is 1. The van der Waals surface area contributed by atoms with Crippen LogP contribution in [0.15, 0.2) is 47.3 Å². The van der Waals surface area contributed by atoms with Crippen LogP contribution in [0.1, 0.15) is 13.8 Å². The van der Waals surface area contributed by atoms with Gasteiger partial charge in [0.1, 0.15) is 0 Å². The summed E-state index contributed by atoms with van der Waals surface area (Å²) in [5.74, 6) is 0.424. The number of nitrogen functional groups attached to an aromatic ring is 1. The van der Waals surface area contributed by atoms with Crippen LogP contribution in [0.2, 0.25) is 0 Å². The van der Waals surface area contributed by atoms with Gasteiger partial charge in [-0.05, 0) is 29.7 Å². The zero-order chi connectivity index (χ0) is 15.9. The summed E-state index contributed by atoms with van der Waals surface area (Å²) in [5, 5.41) is 0. The number of hydrogen-bond acceptors (Lipinski definition) is 2. The first kappa shape index (κ1) is 14.4. The van der Waals surface area contributed by atoms with Crippen LogP contribution in [-0.4, -0.2) is 9.13 Å². The Balaban J connectivity index is 2.22. The van der Waals surface area contributed by atoms with Crippen LogP contribution >= 0.6 is 0 Å². The molecule has 2 aromatic carbocycles. The molecule has 4 heteroatoms. The monoisotopic (exact) mass is 295 g/mol. The first-order valence-corrected chi connectivity index (χ1v) is 7.53. The summed E-state index contributed by atoms with van der Waals surface area (Å²) in [4.78, 5) is 12.4. The summed E-state index contributed by atoms with van der Waals surface area (Å²) in [6.07, 6.45) is 0. The van der Waals surface area contributed by atoms with Crippen molar-refractivity contribution in [3.63, 3.8) is 0 Å². The smallest absolute Gasteiger partial charge is 0.328 e. The Kier molecular flexibility index (Phi) is 3.53. The van der Waals surface area contributed by atoms with Crippen LogP contribution in [0, 0.1) is 5.92 Å². The van der Waals surface area contributed by atoms with E-state index in [1.54, 1.807) is 4.57 Å². The van der Waals surface area contributed by atoms with E-state index in [4.69, 9.17) is 5.73 Å². The van der Waals surface area contributed by atoms with Gasteiger partial charge in [0.2, 0.25) is 0 Å². The molecule has 22 heavy (non-hydrogen) atoms. The van der Waals surface area contributed by atoms with Crippen molar-refractivity contribution in [2.24, 2.45) is 13.0 Å². The molecule has 4 nitrogen and oxygen atoms in total. The summed E-state index contributed by atoms with van der Waals surface area (Å²) < 4.78 is 3.55. The normalized spacial score (nSPS) is 11.5. The van der Waals surface area contributed by atoms with Crippen molar-refractivity contribution in [2.45, 2.75) is 20.4 Å². The van der Waals surface area contributed by atoms with Gasteiger partial charge in [-0.25, -0.2) is 4.79 Å². The van der Waals surface area contributed by atoms with Crippen LogP contribution in [0.4, 0.5) is 5.69 Å². The van der Waals surface area contributed by atoms with E-state index in [2.05, 4.69) is 13.8 Å². The Morgan fingerprint density at radius 3 is 2.50 bits per heavy atom. The van der Waals surface area contributed by atoms with Crippen LogP contribution < -0.4 is 11.4 Å². The fourth-order valence-corrected chi connectivity index (χ4v) is 2.88. The van der Waals surface area contributed by atoms with Gasteiger partial charge in [0, 0.05) is 24.8 Å². The predicted molar refractivity (Wildman–Crippen MR) is 91.9 cm³/mol. The molecule has 2 N–H and O–H groups in total. The predicted octanol–water partition coefficient (Wildman–Crippen LogP) is 3.25. The van der Waals surface area contributed by atoms with Crippen molar-refractivity contribution >= 4 is 16.7 Å². The third-order valence-electron chi connectivity index (χ3n) is 3.96. The number of benzene rings is 2. The van der Waals surface area contributed by atoms with Gasteiger partial charge >= 0.3 is 5.69 Å². The number of nitrogens with zero attached hydrogens (tertiary/aromatic N) is 2. The summed E-state index contributed by atoms with van der Waals surface area (Å²) in [7, 11) is 1.82. The first-order chi connectivity index (χ1) is 10.5. The number of hydrogen-bond donors (Lipinski definition) is 1. The van der Waals surface area contributed by atoms with Gasteiger partial charge in [-0.2, -0.15) is 0 Å². The van der Waals surface area contributed by atoms with Crippen molar-refractivity contribution in [3.8, 4) is 11.1 Å². The fourth-order valence-electron chi connectivity index (χ4n) is 2.88. The van der Waals surface area contributed by atoms with Crippen LogP contribution in [-0.2, 0) is 13.6 Å². The average molecular weight is 295 g/mol. The highest BCUT2D eigenvalue weighted by Crippen LogP contribution is 2.28. The number of fused-ring (bicyclic) bond motifs is 1. The average Bonchev–Trinajstić information content (AvgIpc) is 2.72. The molecule has 0 saturated carbocycles. The van der Waals surface area contributed by atoms with E-state index in [0.717, 1.165) is 34.4 Å². The van der Waals surface area contributed by atoms with Crippen molar-refractivity contribution in [1.29, 1.82) is 0 Å². The third-order valence-corrected chi connectivity index (χ3v) is 3.96. The van der Waals surface area contributed by atoms with Crippen molar-refractivity contribution in [1.82, 2.24) is 9.13 Å². The number of anilines is 1.